The van der Waals surface area contributed by atoms with E-state index in [-0.39, 0.29) is 17.3 Å². The fourth-order valence-electron chi connectivity index (χ4n) is 0.994. The summed E-state index contributed by atoms with van der Waals surface area (Å²) in [4.78, 5) is 3.83. The number of halogens is 3. The van der Waals surface area contributed by atoms with Crippen LogP contribution in [0.3, 0.4) is 0 Å². The molecule has 0 aromatic heterocycles. The van der Waals surface area contributed by atoms with Crippen LogP contribution in [0.25, 0.3) is 0 Å². The van der Waals surface area contributed by atoms with Crippen molar-refractivity contribution < 1.29 is 17.9 Å². The van der Waals surface area contributed by atoms with Crippen molar-refractivity contribution in [3.63, 3.8) is 0 Å². The predicted molar refractivity (Wildman–Crippen MR) is 54.7 cm³/mol. The first-order valence-electron chi connectivity index (χ1n) is 4.60. The highest BCUT2D eigenvalue weighted by Gasteiger charge is 2.32. The number of aliphatic imine (C=N–C) groups is 1. The van der Waals surface area contributed by atoms with Gasteiger partial charge in [0.15, 0.2) is 5.75 Å². The van der Waals surface area contributed by atoms with Gasteiger partial charge in [-0.1, -0.05) is 19.1 Å². The number of benzene rings is 1. The Morgan fingerprint density at radius 1 is 1.38 bits per heavy atom. The van der Waals surface area contributed by atoms with Gasteiger partial charge in [0.2, 0.25) is 0 Å². The van der Waals surface area contributed by atoms with Gasteiger partial charge in [-0.05, 0) is 12.1 Å². The van der Waals surface area contributed by atoms with E-state index in [1.165, 1.54) is 18.2 Å². The maximum atomic E-state index is 12.0. The molecule has 0 radical (unpaired) electrons. The standard InChI is InChI=1S/C10H11F3N2O/c1-2-9(14)15-7-5-3-4-6-8(7)16-10(11,12)13/h3-6H,2H2,1H3,(H2,14,15). The molecule has 0 spiro atoms. The van der Waals surface area contributed by atoms with Gasteiger partial charge in [-0.15, -0.1) is 13.2 Å². The van der Waals surface area contributed by atoms with Crippen LogP contribution in [0, 0.1) is 0 Å². The van der Waals surface area contributed by atoms with Gasteiger partial charge in [0, 0.05) is 6.42 Å². The van der Waals surface area contributed by atoms with E-state index in [4.69, 9.17) is 5.73 Å². The lowest BCUT2D eigenvalue weighted by molar-refractivity contribution is -0.274. The van der Waals surface area contributed by atoms with Crippen LogP contribution in [0.15, 0.2) is 29.3 Å². The molecule has 0 atom stereocenters. The number of nitrogens with two attached hydrogens (primary N) is 1. The molecule has 0 unspecified atom stereocenters. The van der Waals surface area contributed by atoms with Crippen molar-refractivity contribution in [3.8, 4) is 5.75 Å². The Morgan fingerprint density at radius 3 is 2.56 bits per heavy atom. The summed E-state index contributed by atoms with van der Waals surface area (Å²) >= 11 is 0. The molecule has 0 saturated carbocycles. The average Bonchev–Trinajstić information content (AvgIpc) is 2.18. The van der Waals surface area contributed by atoms with Gasteiger partial charge < -0.3 is 10.5 Å². The number of nitrogens with zero attached hydrogens (tertiary/aromatic N) is 1. The first kappa shape index (κ1) is 12.4. The maximum Gasteiger partial charge on any atom is 0.573 e. The fraction of sp³-hybridized carbons (Fsp3) is 0.300. The molecular weight excluding hydrogens is 221 g/mol. The van der Waals surface area contributed by atoms with Crippen LogP contribution in [0.1, 0.15) is 13.3 Å². The lowest BCUT2D eigenvalue weighted by Gasteiger charge is -2.10. The summed E-state index contributed by atoms with van der Waals surface area (Å²) in [7, 11) is 0. The van der Waals surface area contributed by atoms with Gasteiger partial charge in [-0.2, -0.15) is 0 Å². The molecule has 1 rings (SSSR count). The van der Waals surface area contributed by atoms with Crippen molar-refractivity contribution in [2.45, 2.75) is 19.7 Å². The second kappa shape index (κ2) is 4.87. The summed E-state index contributed by atoms with van der Waals surface area (Å²) in [5.41, 5.74) is 5.52. The van der Waals surface area contributed by atoms with E-state index in [1.54, 1.807) is 13.0 Å². The van der Waals surface area contributed by atoms with Crippen molar-refractivity contribution in [1.29, 1.82) is 0 Å². The average molecular weight is 232 g/mol. The number of amidine groups is 1. The Bertz CT molecular complexity index is 388. The van der Waals surface area contributed by atoms with E-state index >= 15 is 0 Å². The molecule has 1 aromatic rings. The van der Waals surface area contributed by atoms with Crippen LogP contribution >= 0.6 is 0 Å². The second-order valence-corrected chi connectivity index (χ2v) is 2.97. The number of alkyl halides is 3. The summed E-state index contributed by atoms with van der Waals surface area (Å²) < 4.78 is 39.9. The molecule has 3 nitrogen and oxygen atoms in total. The molecule has 0 fully saturated rings. The van der Waals surface area contributed by atoms with Crippen LogP contribution < -0.4 is 10.5 Å². The Balaban J connectivity index is 3.01. The summed E-state index contributed by atoms with van der Waals surface area (Å²) in [6.45, 7) is 1.76. The minimum absolute atomic E-state index is 0.0687. The molecule has 0 heterocycles. The van der Waals surface area contributed by atoms with Gasteiger partial charge in [0.1, 0.15) is 5.69 Å². The topological polar surface area (TPSA) is 47.6 Å². The van der Waals surface area contributed by atoms with Crippen LogP contribution in [0.5, 0.6) is 5.75 Å². The highest BCUT2D eigenvalue weighted by molar-refractivity contribution is 5.83. The molecule has 1 aromatic carbocycles. The molecule has 0 aliphatic carbocycles. The van der Waals surface area contributed by atoms with Crippen molar-refractivity contribution in [3.05, 3.63) is 24.3 Å². The molecule has 2 N–H and O–H groups in total. The lowest BCUT2D eigenvalue weighted by Crippen LogP contribution is -2.17. The number of hydrogen-bond donors (Lipinski definition) is 1. The molecule has 88 valence electrons. The first-order chi connectivity index (χ1) is 7.42. The Labute approximate surface area is 90.7 Å². The van der Waals surface area contributed by atoms with E-state index in [0.29, 0.717) is 6.42 Å². The largest absolute Gasteiger partial charge is 0.573 e. The summed E-state index contributed by atoms with van der Waals surface area (Å²) in [5, 5.41) is 0. The monoisotopic (exact) mass is 232 g/mol. The van der Waals surface area contributed by atoms with Crippen molar-refractivity contribution in [2.24, 2.45) is 10.7 Å². The lowest BCUT2D eigenvalue weighted by atomic mass is 10.3. The van der Waals surface area contributed by atoms with Gasteiger partial charge in [0.05, 0.1) is 5.84 Å². The zero-order chi connectivity index (χ0) is 12.2. The Morgan fingerprint density at radius 2 is 2.00 bits per heavy atom. The third-order valence-corrected chi connectivity index (χ3v) is 1.72. The van der Waals surface area contributed by atoms with Gasteiger partial charge in [0.25, 0.3) is 0 Å². The number of ether oxygens (including phenoxy) is 1. The van der Waals surface area contributed by atoms with E-state index in [0.717, 1.165) is 0 Å². The van der Waals surface area contributed by atoms with Crippen molar-refractivity contribution in [1.82, 2.24) is 0 Å². The molecule has 0 saturated heterocycles. The predicted octanol–water partition coefficient (Wildman–Crippen LogP) is 2.98. The van der Waals surface area contributed by atoms with E-state index < -0.39 is 6.36 Å². The second-order valence-electron chi connectivity index (χ2n) is 2.97. The third kappa shape index (κ3) is 3.80. The van der Waals surface area contributed by atoms with Crippen molar-refractivity contribution >= 4 is 11.5 Å². The third-order valence-electron chi connectivity index (χ3n) is 1.72. The normalized spacial score (nSPS) is 12.6. The highest BCUT2D eigenvalue weighted by atomic mass is 19.4. The molecule has 6 heteroatoms. The smallest absolute Gasteiger partial charge is 0.403 e. The minimum atomic E-state index is -4.73. The molecule has 0 amide bonds. The van der Waals surface area contributed by atoms with Gasteiger partial charge >= 0.3 is 6.36 Å². The summed E-state index contributed by atoms with van der Waals surface area (Å²) in [6, 6.07) is 5.59. The maximum absolute atomic E-state index is 12.0. The summed E-state index contributed by atoms with van der Waals surface area (Å²) in [6.07, 6.45) is -4.27. The van der Waals surface area contributed by atoms with Crippen LogP contribution in [-0.4, -0.2) is 12.2 Å². The zero-order valence-electron chi connectivity index (χ0n) is 8.58. The SMILES string of the molecule is CCC(N)=Nc1ccccc1OC(F)(F)F. The van der Waals surface area contributed by atoms with Crippen LogP contribution in [-0.2, 0) is 0 Å². The molecule has 16 heavy (non-hydrogen) atoms. The Hall–Kier alpha value is -1.72. The van der Waals surface area contributed by atoms with Crippen LogP contribution in [0.4, 0.5) is 18.9 Å². The molecule has 0 aliphatic heterocycles. The Kier molecular flexibility index (Phi) is 3.76. The van der Waals surface area contributed by atoms with E-state index in [2.05, 4.69) is 9.73 Å². The molecule has 0 bridgehead atoms. The molecular formula is C10H11F3N2O. The van der Waals surface area contributed by atoms with E-state index in [1.807, 2.05) is 0 Å². The zero-order valence-corrected chi connectivity index (χ0v) is 8.58. The van der Waals surface area contributed by atoms with Crippen LogP contribution in [0.2, 0.25) is 0 Å². The number of hydrogen-bond acceptors (Lipinski definition) is 2. The highest BCUT2D eigenvalue weighted by Crippen LogP contribution is 2.31. The minimum Gasteiger partial charge on any atom is -0.403 e. The molecule has 0 aliphatic rings. The first-order valence-corrected chi connectivity index (χ1v) is 4.60. The summed E-state index contributed by atoms with van der Waals surface area (Å²) in [5.74, 6) is -0.107. The van der Waals surface area contributed by atoms with Crippen molar-refractivity contribution in [2.75, 3.05) is 0 Å². The number of rotatable bonds is 3. The van der Waals surface area contributed by atoms with Gasteiger partial charge in [-0.3, -0.25) is 0 Å². The van der Waals surface area contributed by atoms with E-state index in [9.17, 15) is 13.2 Å². The number of para-hydroxylation sites is 2. The fourth-order valence-corrected chi connectivity index (χ4v) is 0.994. The quantitative estimate of drug-likeness (QED) is 0.643. The van der Waals surface area contributed by atoms with Gasteiger partial charge in [-0.25, -0.2) is 4.99 Å².